The Bertz CT molecular complexity index is 416. The highest BCUT2D eigenvalue weighted by Gasteiger charge is 2.31. The summed E-state index contributed by atoms with van der Waals surface area (Å²) in [6.07, 6.45) is -3.33. The Morgan fingerprint density at radius 3 is 1.55 bits per heavy atom. The summed E-state index contributed by atoms with van der Waals surface area (Å²) >= 11 is 0. The lowest BCUT2D eigenvalue weighted by Gasteiger charge is -2.24. The van der Waals surface area contributed by atoms with Crippen LogP contribution in [0.5, 0.6) is 0 Å². The number of carboxylic acids is 1. The maximum atomic E-state index is 11.7. The van der Waals surface area contributed by atoms with Crippen molar-refractivity contribution in [1.82, 2.24) is 0 Å². The van der Waals surface area contributed by atoms with Gasteiger partial charge in [0.25, 0.3) is 0 Å². The zero-order valence-corrected chi connectivity index (χ0v) is 12.6. The lowest BCUT2D eigenvalue weighted by Crippen LogP contribution is -2.50. The van der Waals surface area contributed by atoms with Crippen molar-refractivity contribution >= 4 is 17.9 Å². The Morgan fingerprint density at radius 1 is 0.818 bits per heavy atom. The van der Waals surface area contributed by atoms with Gasteiger partial charge in [0.1, 0.15) is 30.3 Å². The van der Waals surface area contributed by atoms with Gasteiger partial charge < -0.3 is 36.9 Å². The van der Waals surface area contributed by atoms with Gasteiger partial charge in [-0.25, -0.2) is 0 Å². The predicted octanol–water partition coefficient (Wildman–Crippen LogP) is -2.70. The lowest BCUT2D eigenvalue weighted by atomic mass is 10.1. The highest BCUT2D eigenvalue weighted by molar-refractivity contribution is 5.80. The summed E-state index contributed by atoms with van der Waals surface area (Å²) < 4.78 is 9.65. The third kappa shape index (κ3) is 5.93. The quantitative estimate of drug-likeness (QED) is 0.294. The second-order valence-electron chi connectivity index (χ2n) is 4.94. The zero-order chi connectivity index (χ0) is 17.6. The van der Waals surface area contributed by atoms with Crippen molar-refractivity contribution in [3.05, 3.63) is 0 Å². The van der Waals surface area contributed by atoms with E-state index in [-0.39, 0.29) is 0 Å². The molecule has 0 aromatic heterocycles. The molecule has 0 saturated heterocycles. The van der Waals surface area contributed by atoms with Crippen LogP contribution >= 0.6 is 0 Å². The van der Waals surface area contributed by atoms with E-state index in [0.717, 1.165) is 0 Å². The first-order valence-corrected chi connectivity index (χ1v) is 6.57. The number of hydrogen-bond donors (Lipinski definition) is 5. The number of esters is 2. The summed E-state index contributed by atoms with van der Waals surface area (Å²) in [5, 5.41) is 17.9. The third-order valence-corrected chi connectivity index (χ3v) is 2.96. The molecule has 0 radical (unpaired) electrons. The van der Waals surface area contributed by atoms with Crippen LogP contribution in [-0.2, 0) is 23.9 Å². The summed E-state index contributed by atoms with van der Waals surface area (Å²) in [5.74, 6) is -3.24. The fourth-order valence-electron chi connectivity index (χ4n) is 1.26. The average molecular weight is 321 g/mol. The average Bonchev–Trinajstić information content (AvgIpc) is 2.43. The summed E-state index contributed by atoms with van der Waals surface area (Å²) in [4.78, 5) is 33.9. The third-order valence-electron chi connectivity index (χ3n) is 2.96. The maximum absolute atomic E-state index is 11.7. The topological polar surface area (TPSA) is 188 Å². The van der Waals surface area contributed by atoms with Gasteiger partial charge in [-0.1, -0.05) is 0 Å². The van der Waals surface area contributed by atoms with Crippen LogP contribution in [0.15, 0.2) is 0 Å². The number of aliphatic hydroxyl groups is 1. The Hall–Kier alpha value is -1.75. The van der Waals surface area contributed by atoms with Crippen LogP contribution in [0.1, 0.15) is 20.8 Å². The van der Waals surface area contributed by atoms with Gasteiger partial charge in [0.05, 0.1) is 6.10 Å². The van der Waals surface area contributed by atoms with E-state index in [2.05, 4.69) is 0 Å². The monoisotopic (exact) mass is 321 g/mol. The lowest BCUT2D eigenvalue weighted by molar-refractivity contribution is -0.162. The molecule has 0 unspecified atom stereocenters. The second kappa shape index (κ2) is 8.63. The number of rotatable bonds is 8. The van der Waals surface area contributed by atoms with Crippen molar-refractivity contribution < 1.29 is 34.1 Å². The molecule has 0 aliphatic heterocycles. The molecule has 0 spiro atoms. The fourth-order valence-corrected chi connectivity index (χ4v) is 1.26. The van der Waals surface area contributed by atoms with E-state index in [9.17, 15) is 14.4 Å². The van der Waals surface area contributed by atoms with Gasteiger partial charge >= 0.3 is 17.9 Å². The van der Waals surface area contributed by atoms with E-state index in [1.165, 1.54) is 20.8 Å². The first-order chi connectivity index (χ1) is 9.98. The minimum Gasteiger partial charge on any atom is -0.480 e. The van der Waals surface area contributed by atoms with Crippen molar-refractivity contribution in [3.8, 4) is 0 Å². The van der Waals surface area contributed by atoms with Crippen molar-refractivity contribution in [1.29, 1.82) is 0 Å². The van der Waals surface area contributed by atoms with Crippen LogP contribution in [0.2, 0.25) is 0 Å². The highest BCUT2D eigenvalue weighted by atomic mass is 16.6. The molecular formula is C12H23N3O7. The van der Waals surface area contributed by atoms with E-state index in [1.54, 1.807) is 0 Å². The number of hydrogen-bond acceptors (Lipinski definition) is 9. The summed E-state index contributed by atoms with van der Waals surface area (Å²) in [6.45, 7) is 3.93. The summed E-state index contributed by atoms with van der Waals surface area (Å²) in [5.41, 5.74) is 16.2. The van der Waals surface area contributed by atoms with Gasteiger partial charge in [-0.3, -0.25) is 14.4 Å². The van der Waals surface area contributed by atoms with Crippen molar-refractivity contribution in [2.45, 2.75) is 57.2 Å². The van der Waals surface area contributed by atoms with E-state index >= 15 is 0 Å². The molecule has 128 valence electrons. The smallest absolute Gasteiger partial charge is 0.327 e. The molecule has 0 rings (SSSR count). The molecular weight excluding hydrogens is 298 g/mol. The highest BCUT2D eigenvalue weighted by Crippen LogP contribution is 2.06. The van der Waals surface area contributed by atoms with E-state index < -0.39 is 54.3 Å². The van der Waals surface area contributed by atoms with Gasteiger partial charge in [-0.05, 0) is 20.8 Å². The number of nitrogens with two attached hydrogens (primary N) is 3. The molecule has 0 amide bonds. The SMILES string of the molecule is C[C@@H](O)[C@H](N)C(=O)O[C@H](C)[C@H](N)C(=O)O[C@H](C)[C@H](N)C(=O)O. The first kappa shape index (κ1) is 20.2. The standard InChI is InChI=1S/C12H23N3O7/c1-4(16)7(13)11(19)22-6(3)9(15)12(20)21-5(2)8(14)10(17)18/h4-9,16H,13-15H2,1-3H3,(H,17,18)/t4-,5-,6-,7+,8+,9+/m1/s1. The molecule has 8 N–H and O–H groups in total. The fraction of sp³-hybridized carbons (Fsp3) is 0.750. The molecule has 0 saturated carbocycles. The molecule has 0 aromatic rings. The number of carbonyl (C=O) groups is 3. The minimum absolute atomic E-state index is 0.930. The van der Waals surface area contributed by atoms with Gasteiger partial charge in [-0.15, -0.1) is 0 Å². The van der Waals surface area contributed by atoms with Crippen LogP contribution in [0.25, 0.3) is 0 Å². The molecule has 10 nitrogen and oxygen atoms in total. The minimum atomic E-state index is -1.40. The number of aliphatic carboxylic acids is 1. The Kier molecular flexibility index (Phi) is 7.95. The van der Waals surface area contributed by atoms with Crippen LogP contribution in [0, 0.1) is 0 Å². The molecule has 0 aliphatic rings. The van der Waals surface area contributed by atoms with Crippen LogP contribution in [0.3, 0.4) is 0 Å². The molecule has 0 bridgehead atoms. The Morgan fingerprint density at radius 2 is 1.18 bits per heavy atom. The number of ether oxygens (including phenoxy) is 2. The van der Waals surface area contributed by atoms with E-state index in [4.69, 9.17) is 36.9 Å². The Labute approximate surface area is 127 Å². The van der Waals surface area contributed by atoms with Crippen molar-refractivity contribution in [3.63, 3.8) is 0 Å². The van der Waals surface area contributed by atoms with E-state index in [1.807, 2.05) is 0 Å². The largest absolute Gasteiger partial charge is 0.480 e. The first-order valence-electron chi connectivity index (χ1n) is 6.57. The van der Waals surface area contributed by atoms with E-state index in [0.29, 0.717) is 0 Å². The maximum Gasteiger partial charge on any atom is 0.327 e. The van der Waals surface area contributed by atoms with Crippen molar-refractivity contribution in [2.24, 2.45) is 17.2 Å². The van der Waals surface area contributed by atoms with Crippen LogP contribution in [-0.4, -0.2) is 64.6 Å². The molecule has 0 aliphatic carbocycles. The molecule has 0 fully saturated rings. The van der Waals surface area contributed by atoms with Crippen LogP contribution in [0.4, 0.5) is 0 Å². The van der Waals surface area contributed by atoms with Gasteiger partial charge in [-0.2, -0.15) is 0 Å². The molecule has 0 aromatic carbocycles. The second-order valence-corrected chi connectivity index (χ2v) is 4.94. The summed E-state index contributed by atoms with van der Waals surface area (Å²) in [6, 6.07) is -4.03. The zero-order valence-electron chi connectivity index (χ0n) is 12.6. The normalized spacial score (nSPS) is 19.2. The van der Waals surface area contributed by atoms with Crippen LogP contribution < -0.4 is 17.2 Å². The molecule has 0 heterocycles. The molecule has 6 atom stereocenters. The van der Waals surface area contributed by atoms with Crippen molar-refractivity contribution in [2.75, 3.05) is 0 Å². The molecule has 10 heteroatoms. The predicted molar refractivity (Wildman–Crippen MR) is 74.4 cm³/mol. The number of carbonyl (C=O) groups excluding carboxylic acids is 2. The molecule has 22 heavy (non-hydrogen) atoms. The van der Waals surface area contributed by atoms with Gasteiger partial charge in [0.2, 0.25) is 0 Å². The number of carboxylic acid groups (broad SMARTS) is 1. The van der Waals surface area contributed by atoms with Gasteiger partial charge in [0.15, 0.2) is 0 Å². The summed E-state index contributed by atoms with van der Waals surface area (Å²) in [7, 11) is 0. The number of aliphatic hydroxyl groups excluding tert-OH is 1. The van der Waals surface area contributed by atoms with Gasteiger partial charge in [0, 0.05) is 0 Å². The Balaban J connectivity index is 4.56.